The molecule has 2 heterocycles. The average molecular weight is 282 g/mol. The van der Waals surface area contributed by atoms with E-state index in [1.54, 1.807) is 0 Å². The van der Waals surface area contributed by atoms with E-state index in [1.807, 2.05) is 0 Å². The molecule has 0 aromatic rings. The van der Waals surface area contributed by atoms with Gasteiger partial charge in [0.05, 0.1) is 0 Å². The first-order valence-corrected chi connectivity index (χ1v) is 8.51. The van der Waals surface area contributed by atoms with Crippen LogP contribution >= 0.6 is 0 Å². The van der Waals surface area contributed by atoms with Gasteiger partial charge in [-0.2, -0.15) is 0 Å². The van der Waals surface area contributed by atoms with E-state index in [0.29, 0.717) is 18.1 Å². The maximum atomic E-state index is 5.78. The normalized spacial score (nSPS) is 31.1. The third kappa shape index (κ3) is 4.42. The SMILES string of the molecule is CC(C)N1CCC[C@H](NCC(C)N2CC[C@@H](CN)C2)C1. The van der Waals surface area contributed by atoms with Crippen molar-refractivity contribution in [1.29, 1.82) is 0 Å². The predicted molar refractivity (Wildman–Crippen MR) is 85.9 cm³/mol. The summed E-state index contributed by atoms with van der Waals surface area (Å²) in [6, 6.07) is 2.00. The molecule has 4 nitrogen and oxygen atoms in total. The first-order chi connectivity index (χ1) is 9.60. The molecular weight excluding hydrogens is 248 g/mol. The van der Waals surface area contributed by atoms with Gasteiger partial charge in [0, 0.05) is 37.8 Å². The molecule has 0 aliphatic carbocycles. The van der Waals surface area contributed by atoms with Gasteiger partial charge in [0.1, 0.15) is 0 Å². The molecule has 0 radical (unpaired) electrons. The molecule has 2 rings (SSSR count). The van der Waals surface area contributed by atoms with Crippen LogP contribution in [0.25, 0.3) is 0 Å². The summed E-state index contributed by atoms with van der Waals surface area (Å²) in [5, 5.41) is 3.80. The zero-order chi connectivity index (χ0) is 14.5. The average Bonchev–Trinajstić information content (AvgIpc) is 2.94. The monoisotopic (exact) mass is 282 g/mol. The lowest BCUT2D eigenvalue weighted by atomic mass is 10.0. The second-order valence-corrected chi connectivity index (χ2v) is 7.07. The van der Waals surface area contributed by atoms with E-state index in [0.717, 1.165) is 19.0 Å². The Kier molecular flexibility index (Phi) is 6.27. The topological polar surface area (TPSA) is 44.5 Å². The molecule has 0 aromatic heterocycles. The van der Waals surface area contributed by atoms with Crippen LogP contribution in [-0.2, 0) is 0 Å². The van der Waals surface area contributed by atoms with Crippen LogP contribution in [0.5, 0.6) is 0 Å². The summed E-state index contributed by atoms with van der Waals surface area (Å²) in [4.78, 5) is 5.21. The molecule has 0 aromatic carbocycles. The van der Waals surface area contributed by atoms with Gasteiger partial charge in [-0.25, -0.2) is 0 Å². The maximum Gasteiger partial charge on any atom is 0.0196 e. The molecule has 0 spiro atoms. The molecule has 0 amide bonds. The molecule has 20 heavy (non-hydrogen) atoms. The second-order valence-electron chi connectivity index (χ2n) is 7.07. The van der Waals surface area contributed by atoms with Crippen LogP contribution in [-0.4, -0.2) is 67.2 Å². The highest BCUT2D eigenvalue weighted by Gasteiger charge is 2.26. The number of likely N-dealkylation sites (tertiary alicyclic amines) is 2. The minimum Gasteiger partial charge on any atom is -0.330 e. The Hall–Kier alpha value is -0.160. The van der Waals surface area contributed by atoms with Gasteiger partial charge in [-0.3, -0.25) is 9.80 Å². The van der Waals surface area contributed by atoms with Crippen LogP contribution in [0.1, 0.15) is 40.0 Å². The number of nitrogens with zero attached hydrogens (tertiary/aromatic N) is 2. The number of piperidine rings is 1. The highest BCUT2D eigenvalue weighted by atomic mass is 15.2. The first kappa shape index (κ1) is 16.2. The lowest BCUT2D eigenvalue weighted by molar-refractivity contribution is 0.147. The van der Waals surface area contributed by atoms with E-state index >= 15 is 0 Å². The lowest BCUT2D eigenvalue weighted by Crippen LogP contribution is -2.51. The van der Waals surface area contributed by atoms with Gasteiger partial charge < -0.3 is 11.1 Å². The number of nitrogens with one attached hydrogen (secondary N) is 1. The Balaban J connectivity index is 1.69. The summed E-state index contributed by atoms with van der Waals surface area (Å²) in [5.74, 6) is 0.726. The smallest absolute Gasteiger partial charge is 0.0196 e. The number of hydrogen-bond acceptors (Lipinski definition) is 4. The van der Waals surface area contributed by atoms with Crippen molar-refractivity contribution in [2.24, 2.45) is 11.7 Å². The second kappa shape index (κ2) is 7.74. The Morgan fingerprint density at radius 3 is 2.55 bits per heavy atom. The van der Waals surface area contributed by atoms with Crippen LogP contribution in [0.4, 0.5) is 0 Å². The van der Waals surface area contributed by atoms with Gasteiger partial charge in [-0.1, -0.05) is 0 Å². The standard InChI is InChI=1S/C16H34N4/c1-13(2)19-7-4-5-16(12-19)18-10-14(3)20-8-6-15(9-17)11-20/h13-16,18H,4-12,17H2,1-3H3/t14?,15-,16-/m0/s1. The van der Waals surface area contributed by atoms with Crippen molar-refractivity contribution < 1.29 is 0 Å². The minimum atomic E-state index is 0.640. The zero-order valence-corrected chi connectivity index (χ0v) is 13.6. The number of nitrogens with two attached hydrogens (primary N) is 1. The van der Waals surface area contributed by atoms with Crippen LogP contribution < -0.4 is 11.1 Å². The van der Waals surface area contributed by atoms with Crippen LogP contribution in [0.3, 0.4) is 0 Å². The summed E-state index contributed by atoms with van der Waals surface area (Å²) in [7, 11) is 0. The molecule has 0 saturated carbocycles. The lowest BCUT2D eigenvalue weighted by Gasteiger charge is -2.37. The molecule has 2 aliphatic heterocycles. The third-order valence-corrected chi connectivity index (χ3v) is 5.16. The summed E-state index contributed by atoms with van der Waals surface area (Å²) in [5.41, 5.74) is 5.78. The third-order valence-electron chi connectivity index (χ3n) is 5.16. The van der Waals surface area contributed by atoms with Crippen LogP contribution in [0, 0.1) is 5.92 Å². The maximum absolute atomic E-state index is 5.78. The van der Waals surface area contributed by atoms with Gasteiger partial charge >= 0.3 is 0 Å². The molecule has 4 heteroatoms. The summed E-state index contributed by atoms with van der Waals surface area (Å²) >= 11 is 0. The van der Waals surface area contributed by atoms with E-state index in [9.17, 15) is 0 Å². The van der Waals surface area contributed by atoms with Crippen molar-refractivity contribution in [3.63, 3.8) is 0 Å². The van der Waals surface area contributed by atoms with Crippen molar-refractivity contribution in [2.75, 3.05) is 39.3 Å². The highest BCUT2D eigenvalue weighted by Crippen LogP contribution is 2.18. The quantitative estimate of drug-likeness (QED) is 0.766. The fourth-order valence-corrected chi connectivity index (χ4v) is 3.56. The highest BCUT2D eigenvalue weighted by molar-refractivity contribution is 4.84. The number of rotatable bonds is 6. The van der Waals surface area contributed by atoms with Crippen molar-refractivity contribution in [2.45, 2.75) is 58.2 Å². The minimum absolute atomic E-state index is 0.640. The Morgan fingerprint density at radius 2 is 1.90 bits per heavy atom. The fourth-order valence-electron chi connectivity index (χ4n) is 3.56. The molecular formula is C16H34N4. The van der Waals surface area contributed by atoms with Crippen molar-refractivity contribution in [1.82, 2.24) is 15.1 Å². The van der Waals surface area contributed by atoms with Crippen molar-refractivity contribution in [3.8, 4) is 0 Å². The molecule has 2 saturated heterocycles. The van der Waals surface area contributed by atoms with Gasteiger partial charge in [-0.15, -0.1) is 0 Å². The van der Waals surface area contributed by atoms with E-state index in [4.69, 9.17) is 5.73 Å². The fraction of sp³-hybridized carbons (Fsp3) is 1.00. The van der Waals surface area contributed by atoms with Crippen molar-refractivity contribution >= 4 is 0 Å². The van der Waals surface area contributed by atoms with Gasteiger partial charge in [0.25, 0.3) is 0 Å². The molecule has 3 atom stereocenters. The Morgan fingerprint density at radius 1 is 1.10 bits per heavy atom. The van der Waals surface area contributed by atoms with Gasteiger partial charge in [0.15, 0.2) is 0 Å². The molecule has 2 fully saturated rings. The Labute approximate surface area is 125 Å². The zero-order valence-electron chi connectivity index (χ0n) is 13.6. The van der Waals surface area contributed by atoms with E-state index in [2.05, 4.69) is 35.9 Å². The summed E-state index contributed by atoms with van der Waals surface area (Å²) < 4.78 is 0. The summed E-state index contributed by atoms with van der Waals surface area (Å²) in [6.07, 6.45) is 3.95. The van der Waals surface area contributed by atoms with E-state index in [-0.39, 0.29) is 0 Å². The number of hydrogen-bond donors (Lipinski definition) is 2. The first-order valence-electron chi connectivity index (χ1n) is 8.51. The predicted octanol–water partition coefficient (Wildman–Crippen LogP) is 1.12. The molecule has 3 N–H and O–H groups in total. The molecule has 1 unspecified atom stereocenters. The van der Waals surface area contributed by atoms with Crippen LogP contribution in [0.2, 0.25) is 0 Å². The molecule has 0 bridgehead atoms. The largest absolute Gasteiger partial charge is 0.330 e. The van der Waals surface area contributed by atoms with Gasteiger partial charge in [-0.05, 0) is 65.6 Å². The van der Waals surface area contributed by atoms with E-state index < -0.39 is 0 Å². The summed E-state index contributed by atoms with van der Waals surface area (Å²) in [6.45, 7) is 13.9. The molecule has 118 valence electrons. The van der Waals surface area contributed by atoms with Crippen LogP contribution in [0.15, 0.2) is 0 Å². The van der Waals surface area contributed by atoms with Gasteiger partial charge in [0.2, 0.25) is 0 Å². The van der Waals surface area contributed by atoms with Crippen molar-refractivity contribution in [3.05, 3.63) is 0 Å². The molecule has 2 aliphatic rings. The van der Waals surface area contributed by atoms with E-state index in [1.165, 1.54) is 45.4 Å². The Bertz CT molecular complexity index is 282.